The Morgan fingerprint density at radius 2 is 2.10 bits per heavy atom. The minimum Gasteiger partial charge on any atom is -0.466 e. The van der Waals surface area contributed by atoms with Gasteiger partial charge in [0.15, 0.2) is 5.96 Å². The smallest absolute Gasteiger partial charge is 0.309 e. The van der Waals surface area contributed by atoms with Gasteiger partial charge in [0.1, 0.15) is 0 Å². The highest BCUT2D eigenvalue weighted by atomic mass is 127. The molecule has 6 heteroatoms. The zero-order valence-electron chi connectivity index (χ0n) is 12.4. The van der Waals surface area contributed by atoms with E-state index in [1.807, 2.05) is 6.92 Å². The predicted molar refractivity (Wildman–Crippen MR) is 92.5 cm³/mol. The summed E-state index contributed by atoms with van der Waals surface area (Å²) in [4.78, 5) is 18.3. The molecule has 1 rings (SSSR count). The van der Waals surface area contributed by atoms with Gasteiger partial charge in [-0.3, -0.25) is 4.79 Å². The normalized spacial score (nSPS) is 16.3. The topological polar surface area (TPSA) is 53.9 Å². The molecule has 1 aliphatic rings. The van der Waals surface area contributed by atoms with Gasteiger partial charge in [-0.25, -0.2) is 4.99 Å². The molecular weight excluding hydrogens is 369 g/mol. The monoisotopic (exact) mass is 395 g/mol. The van der Waals surface area contributed by atoms with E-state index in [0.717, 1.165) is 38.4 Å². The van der Waals surface area contributed by atoms with Crippen LogP contribution >= 0.6 is 24.0 Å². The average Bonchev–Trinajstić information content (AvgIpc) is 2.44. The lowest BCUT2D eigenvalue weighted by Gasteiger charge is -2.33. The first kappa shape index (κ1) is 19.2. The van der Waals surface area contributed by atoms with E-state index in [9.17, 15) is 4.79 Å². The highest BCUT2D eigenvalue weighted by molar-refractivity contribution is 14.0. The minimum absolute atomic E-state index is 0. The van der Waals surface area contributed by atoms with Gasteiger partial charge in [-0.2, -0.15) is 0 Å². The van der Waals surface area contributed by atoms with Crippen molar-refractivity contribution in [3.05, 3.63) is 12.7 Å². The van der Waals surface area contributed by atoms with Crippen LogP contribution in [0.25, 0.3) is 0 Å². The number of halogens is 1. The van der Waals surface area contributed by atoms with Crippen molar-refractivity contribution >= 4 is 35.9 Å². The first-order valence-corrected chi connectivity index (χ1v) is 7.03. The van der Waals surface area contributed by atoms with Gasteiger partial charge in [0.25, 0.3) is 0 Å². The highest BCUT2D eigenvalue weighted by Crippen LogP contribution is 2.18. The van der Waals surface area contributed by atoms with Crippen molar-refractivity contribution in [3.63, 3.8) is 0 Å². The molecule has 0 amide bonds. The molecule has 1 heterocycles. The van der Waals surface area contributed by atoms with Crippen LogP contribution < -0.4 is 5.32 Å². The Bertz CT molecular complexity index is 326. The molecule has 0 aliphatic carbocycles. The summed E-state index contributed by atoms with van der Waals surface area (Å²) in [5.41, 5.74) is 0. The molecule has 116 valence electrons. The van der Waals surface area contributed by atoms with E-state index in [2.05, 4.69) is 28.7 Å². The zero-order chi connectivity index (χ0) is 14.1. The second-order valence-electron chi connectivity index (χ2n) is 4.50. The van der Waals surface area contributed by atoms with Crippen LogP contribution in [0.5, 0.6) is 0 Å². The SMILES string of the molecule is C=CCN=C(NCC)N1CCC(C(=O)OCC)CC1.I. The number of carbonyl (C=O) groups is 1. The van der Waals surface area contributed by atoms with Crippen LogP contribution in [0.15, 0.2) is 17.6 Å². The maximum absolute atomic E-state index is 11.7. The fraction of sp³-hybridized carbons (Fsp3) is 0.714. The average molecular weight is 395 g/mol. The van der Waals surface area contributed by atoms with E-state index in [4.69, 9.17) is 4.74 Å². The fourth-order valence-electron chi connectivity index (χ4n) is 2.16. The third-order valence-corrected chi connectivity index (χ3v) is 3.12. The fourth-order valence-corrected chi connectivity index (χ4v) is 2.16. The standard InChI is InChI=1S/C14H25N3O2.HI/c1-4-9-16-14(15-5-2)17-10-7-12(8-11-17)13(18)19-6-3;/h4,12H,1,5-11H2,2-3H3,(H,15,16);1H. The van der Waals surface area contributed by atoms with Crippen LogP contribution in [0, 0.1) is 5.92 Å². The summed E-state index contributed by atoms with van der Waals surface area (Å²) in [5.74, 6) is 0.887. The number of guanidine groups is 1. The minimum atomic E-state index is -0.0600. The first-order chi connectivity index (χ1) is 9.22. The van der Waals surface area contributed by atoms with Crippen LogP contribution in [-0.2, 0) is 9.53 Å². The number of rotatable bonds is 5. The lowest BCUT2D eigenvalue weighted by Crippen LogP contribution is -2.46. The Balaban J connectivity index is 0.00000361. The van der Waals surface area contributed by atoms with Gasteiger partial charge < -0.3 is 15.0 Å². The number of ether oxygens (including phenoxy) is 1. The largest absolute Gasteiger partial charge is 0.466 e. The Hall–Kier alpha value is -0.790. The van der Waals surface area contributed by atoms with Crippen molar-refractivity contribution in [1.29, 1.82) is 0 Å². The van der Waals surface area contributed by atoms with Crippen molar-refractivity contribution in [1.82, 2.24) is 10.2 Å². The van der Waals surface area contributed by atoms with Crippen LogP contribution in [0.2, 0.25) is 0 Å². The molecule has 1 N–H and O–H groups in total. The van der Waals surface area contributed by atoms with E-state index in [1.54, 1.807) is 6.08 Å². The van der Waals surface area contributed by atoms with Gasteiger partial charge in [0.2, 0.25) is 0 Å². The molecule has 0 saturated carbocycles. The molecule has 0 atom stereocenters. The third-order valence-electron chi connectivity index (χ3n) is 3.12. The lowest BCUT2D eigenvalue weighted by atomic mass is 9.97. The molecule has 0 bridgehead atoms. The molecule has 0 unspecified atom stereocenters. The summed E-state index contributed by atoms with van der Waals surface area (Å²) >= 11 is 0. The Morgan fingerprint density at radius 1 is 1.45 bits per heavy atom. The zero-order valence-corrected chi connectivity index (χ0v) is 14.8. The molecule has 0 aromatic rings. The van der Waals surface area contributed by atoms with Crippen molar-refractivity contribution < 1.29 is 9.53 Å². The number of nitrogens with one attached hydrogen (secondary N) is 1. The highest BCUT2D eigenvalue weighted by Gasteiger charge is 2.27. The number of esters is 1. The number of carbonyl (C=O) groups excluding carboxylic acids is 1. The summed E-state index contributed by atoms with van der Waals surface area (Å²) in [6.07, 6.45) is 3.44. The number of hydrogen-bond acceptors (Lipinski definition) is 3. The molecule has 5 nitrogen and oxygen atoms in total. The Morgan fingerprint density at radius 3 is 2.60 bits per heavy atom. The van der Waals surface area contributed by atoms with Crippen LogP contribution in [0.3, 0.4) is 0 Å². The number of aliphatic imine (C=N–C) groups is 1. The lowest BCUT2D eigenvalue weighted by molar-refractivity contribution is -0.149. The Labute approximate surface area is 138 Å². The summed E-state index contributed by atoms with van der Waals surface area (Å²) in [6, 6.07) is 0. The molecule has 0 spiro atoms. The van der Waals surface area contributed by atoms with E-state index in [1.165, 1.54) is 0 Å². The summed E-state index contributed by atoms with van der Waals surface area (Å²) in [7, 11) is 0. The third kappa shape index (κ3) is 6.11. The van der Waals surface area contributed by atoms with Crippen LogP contribution in [-0.4, -0.2) is 49.6 Å². The van der Waals surface area contributed by atoms with Crippen molar-refractivity contribution in [3.8, 4) is 0 Å². The number of nitrogens with zero attached hydrogens (tertiary/aromatic N) is 2. The van der Waals surface area contributed by atoms with Gasteiger partial charge in [-0.1, -0.05) is 6.08 Å². The van der Waals surface area contributed by atoms with Gasteiger partial charge in [0.05, 0.1) is 19.1 Å². The van der Waals surface area contributed by atoms with Crippen molar-refractivity contribution in [2.45, 2.75) is 26.7 Å². The second-order valence-corrected chi connectivity index (χ2v) is 4.50. The molecule has 1 aliphatic heterocycles. The predicted octanol–water partition coefficient (Wildman–Crippen LogP) is 2.03. The van der Waals surface area contributed by atoms with Gasteiger partial charge in [-0.05, 0) is 26.7 Å². The molecular formula is C14H26IN3O2. The van der Waals surface area contributed by atoms with Gasteiger partial charge in [0, 0.05) is 19.6 Å². The second kappa shape index (κ2) is 10.9. The van der Waals surface area contributed by atoms with Crippen molar-refractivity contribution in [2.24, 2.45) is 10.9 Å². The molecule has 0 aromatic carbocycles. The van der Waals surface area contributed by atoms with Crippen LogP contribution in [0.1, 0.15) is 26.7 Å². The molecule has 1 fully saturated rings. The quantitative estimate of drug-likeness (QED) is 0.255. The van der Waals surface area contributed by atoms with E-state index < -0.39 is 0 Å². The molecule has 1 saturated heterocycles. The van der Waals surface area contributed by atoms with Gasteiger partial charge >= 0.3 is 5.97 Å². The number of hydrogen-bond donors (Lipinski definition) is 1. The number of piperidine rings is 1. The maximum atomic E-state index is 11.7. The summed E-state index contributed by atoms with van der Waals surface area (Å²) in [5, 5.41) is 3.27. The molecule has 0 aromatic heterocycles. The molecule has 0 radical (unpaired) electrons. The van der Waals surface area contributed by atoms with E-state index in [0.29, 0.717) is 13.2 Å². The maximum Gasteiger partial charge on any atom is 0.309 e. The summed E-state index contributed by atoms with van der Waals surface area (Å²) in [6.45, 7) is 11.2. The molecule has 20 heavy (non-hydrogen) atoms. The summed E-state index contributed by atoms with van der Waals surface area (Å²) < 4.78 is 5.07. The number of likely N-dealkylation sites (tertiary alicyclic amines) is 1. The van der Waals surface area contributed by atoms with Crippen molar-refractivity contribution in [2.75, 3.05) is 32.8 Å². The first-order valence-electron chi connectivity index (χ1n) is 7.03. The van der Waals surface area contributed by atoms with Crippen LogP contribution in [0.4, 0.5) is 0 Å². The van der Waals surface area contributed by atoms with E-state index >= 15 is 0 Å². The van der Waals surface area contributed by atoms with E-state index in [-0.39, 0.29) is 35.9 Å². The van der Waals surface area contributed by atoms with Gasteiger partial charge in [-0.15, -0.1) is 30.6 Å². The Kier molecular flexibility index (Phi) is 10.5.